The zero-order chi connectivity index (χ0) is 19.5. The van der Waals surface area contributed by atoms with Crippen molar-refractivity contribution in [1.82, 2.24) is 15.1 Å². The zero-order valence-electron chi connectivity index (χ0n) is 17.0. The SMILES string of the molecule is CCN(CC)CCN(CC)CC(NCc1ccc(F)cc1)c1ccccc1. The lowest BCUT2D eigenvalue weighted by molar-refractivity contribution is 0.204. The monoisotopic (exact) mass is 371 g/mol. The molecule has 2 rings (SSSR count). The highest BCUT2D eigenvalue weighted by molar-refractivity contribution is 5.21. The summed E-state index contributed by atoms with van der Waals surface area (Å²) in [6, 6.07) is 17.6. The summed E-state index contributed by atoms with van der Waals surface area (Å²) in [6.45, 7) is 13.7. The first-order valence-corrected chi connectivity index (χ1v) is 10.1. The number of hydrogen-bond acceptors (Lipinski definition) is 3. The maximum atomic E-state index is 13.1. The number of rotatable bonds is 12. The normalized spacial score (nSPS) is 12.7. The Labute approximate surface area is 164 Å². The third-order valence-electron chi connectivity index (χ3n) is 5.18. The predicted octanol–water partition coefficient (Wildman–Crippen LogP) is 4.32. The maximum Gasteiger partial charge on any atom is 0.123 e. The molecular formula is C23H34FN3. The van der Waals surface area contributed by atoms with Crippen LogP contribution in [0, 0.1) is 5.82 Å². The molecule has 4 heteroatoms. The fourth-order valence-electron chi connectivity index (χ4n) is 3.28. The third-order valence-corrected chi connectivity index (χ3v) is 5.18. The molecule has 1 N–H and O–H groups in total. The molecular weight excluding hydrogens is 337 g/mol. The minimum absolute atomic E-state index is 0.188. The first-order valence-electron chi connectivity index (χ1n) is 10.1. The van der Waals surface area contributed by atoms with E-state index in [0.29, 0.717) is 0 Å². The van der Waals surface area contributed by atoms with Gasteiger partial charge in [-0.3, -0.25) is 0 Å². The van der Waals surface area contributed by atoms with Crippen LogP contribution in [0.1, 0.15) is 37.9 Å². The van der Waals surface area contributed by atoms with E-state index < -0.39 is 0 Å². The van der Waals surface area contributed by atoms with Gasteiger partial charge < -0.3 is 15.1 Å². The van der Waals surface area contributed by atoms with Crippen LogP contribution >= 0.6 is 0 Å². The van der Waals surface area contributed by atoms with E-state index >= 15 is 0 Å². The molecule has 0 bridgehead atoms. The molecule has 0 aliphatic rings. The van der Waals surface area contributed by atoms with E-state index in [0.717, 1.165) is 51.4 Å². The average molecular weight is 372 g/mol. The molecule has 0 saturated carbocycles. The highest BCUT2D eigenvalue weighted by atomic mass is 19.1. The lowest BCUT2D eigenvalue weighted by Gasteiger charge is -2.29. The van der Waals surface area contributed by atoms with Crippen molar-refractivity contribution in [3.8, 4) is 0 Å². The van der Waals surface area contributed by atoms with Crippen molar-refractivity contribution in [3.63, 3.8) is 0 Å². The lowest BCUT2D eigenvalue weighted by Crippen LogP contribution is -2.40. The molecule has 2 aromatic rings. The standard InChI is InChI=1S/C23H34FN3/c1-4-26(5-2)16-17-27(6-3)19-23(21-10-8-7-9-11-21)25-18-20-12-14-22(24)15-13-20/h7-15,23,25H,4-6,16-19H2,1-3H3. The van der Waals surface area contributed by atoms with Gasteiger partial charge in [0.05, 0.1) is 0 Å². The Bertz CT molecular complexity index is 626. The van der Waals surface area contributed by atoms with Crippen molar-refractivity contribution < 1.29 is 4.39 Å². The summed E-state index contributed by atoms with van der Waals surface area (Å²) >= 11 is 0. The summed E-state index contributed by atoms with van der Waals surface area (Å²) < 4.78 is 13.1. The Kier molecular flexibility index (Phi) is 9.46. The molecule has 0 aliphatic heterocycles. The van der Waals surface area contributed by atoms with E-state index in [1.807, 2.05) is 12.1 Å². The van der Waals surface area contributed by atoms with Gasteiger partial charge >= 0.3 is 0 Å². The fourth-order valence-corrected chi connectivity index (χ4v) is 3.28. The molecule has 2 aromatic carbocycles. The summed E-state index contributed by atoms with van der Waals surface area (Å²) in [5, 5.41) is 3.67. The molecule has 0 aliphatic carbocycles. The number of benzene rings is 2. The summed E-state index contributed by atoms with van der Waals surface area (Å²) in [7, 11) is 0. The van der Waals surface area contributed by atoms with E-state index in [4.69, 9.17) is 0 Å². The van der Waals surface area contributed by atoms with Gasteiger partial charge in [-0.15, -0.1) is 0 Å². The summed E-state index contributed by atoms with van der Waals surface area (Å²) in [4.78, 5) is 4.97. The van der Waals surface area contributed by atoms with Crippen LogP contribution in [0.3, 0.4) is 0 Å². The molecule has 27 heavy (non-hydrogen) atoms. The van der Waals surface area contributed by atoms with Gasteiger partial charge in [-0.1, -0.05) is 63.2 Å². The van der Waals surface area contributed by atoms with Crippen molar-refractivity contribution in [2.24, 2.45) is 0 Å². The van der Waals surface area contributed by atoms with Gasteiger partial charge in [-0.25, -0.2) is 4.39 Å². The molecule has 148 valence electrons. The molecule has 0 saturated heterocycles. The van der Waals surface area contributed by atoms with Gasteiger partial charge in [0.2, 0.25) is 0 Å². The molecule has 0 aromatic heterocycles. The topological polar surface area (TPSA) is 18.5 Å². The molecule has 0 fully saturated rings. The third kappa shape index (κ3) is 7.41. The Morgan fingerprint density at radius 1 is 0.815 bits per heavy atom. The molecule has 0 radical (unpaired) electrons. The number of nitrogens with one attached hydrogen (secondary N) is 1. The molecule has 1 unspecified atom stereocenters. The van der Waals surface area contributed by atoms with Crippen LogP contribution in [0.5, 0.6) is 0 Å². The largest absolute Gasteiger partial charge is 0.305 e. The van der Waals surface area contributed by atoms with Gasteiger partial charge in [0.25, 0.3) is 0 Å². The van der Waals surface area contributed by atoms with Crippen molar-refractivity contribution in [2.45, 2.75) is 33.4 Å². The summed E-state index contributed by atoms with van der Waals surface area (Å²) in [5.41, 5.74) is 2.39. The van der Waals surface area contributed by atoms with Crippen LogP contribution in [0.4, 0.5) is 4.39 Å². The second-order valence-corrected chi connectivity index (χ2v) is 6.89. The van der Waals surface area contributed by atoms with Crippen molar-refractivity contribution in [3.05, 3.63) is 71.5 Å². The van der Waals surface area contributed by atoms with Gasteiger partial charge in [0, 0.05) is 32.2 Å². The van der Waals surface area contributed by atoms with Crippen LogP contribution in [0.2, 0.25) is 0 Å². The van der Waals surface area contributed by atoms with Crippen LogP contribution in [-0.2, 0) is 6.54 Å². The zero-order valence-corrected chi connectivity index (χ0v) is 17.0. The smallest absolute Gasteiger partial charge is 0.123 e. The summed E-state index contributed by atoms with van der Waals surface area (Å²) in [5.74, 6) is -0.188. The van der Waals surface area contributed by atoms with E-state index in [1.165, 1.54) is 17.7 Å². The Morgan fingerprint density at radius 2 is 1.41 bits per heavy atom. The Hall–Kier alpha value is -1.75. The quantitative estimate of drug-likeness (QED) is 0.599. The van der Waals surface area contributed by atoms with Crippen molar-refractivity contribution >= 4 is 0 Å². The van der Waals surface area contributed by atoms with E-state index in [9.17, 15) is 4.39 Å². The number of nitrogens with zero attached hydrogens (tertiary/aromatic N) is 2. The van der Waals surface area contributed by atoms with Crippen LogP contribution in [-0.4, -0.2) is 49.1 Å². The van der Waals surface area contributed by atoms with Crippen molar-refractivity contribution in [1.29, 1.82) is 0 Å². The van der Waals surface area contributed by atoms with E-state index in [-0.39, 0.29) is 11.9 Å². The Morgan fingerprint density at radius 3 is 2.00 bits per heavy atom. The van der Waals surface area contributed by atoms with Gasteiger partial charge in [-0.2, -0.15) is 0 Å². The van der Waals surface area contributed by atoms with Crippen LogP contribution in [0.15, 0.2) is 54.6 Å². The van der Waals surface area contributed by atoms with E-state index in [2.05, 4.69) is 66.2 Å². The molecule has 0 amide bonds. The Balaban J connectivity index is 2.01. The molecule has 1 atom stereocenters. The molecule has 3 nitrogen and oxygen atoms in total. The fraction of sp³-hybridized carbons (Fsp3) is 0.478. The first-order chi connectivity index (χ1) is 13.2. The van der Waals surface area contributed by atoms with Gasteiger partial charge in [-0.05, 0) is 42.9 Å². The van der Waals surface area contributed by atoms with Crippen LogP contribution < -0.4 is 5.32 Å². The highest BCUT2D eigenvalue weighted by Gasteiger charge is 2.15. The van der Waals surface area contributed by atoms with E-state index in [1.54, 1.807) is 0 Å². The average Bonchev–Trinajstić information content (AvgIpc) is 2.72. The number of halogens is 1. The summed E-state index contributed by atoms with van der Waals surface area (Å²) in [6.07, 6.45) is 0. The van der Waals surface area contributed by atoms with Gasteiger partial charge in [0.15, 0.2) is 0 Å². The number of likely N-dealkylation sites (N-methyl/N-ethyl adjacent to an activating group) is 2. The van der Waals surface area contributed by atoms with Crippen molar-refractivity contribution in [2.75, 3.05) is 39.3 Å². The second kappa shape index (κ2) is 11.9. The van der Waals surface area contributed by atoms with Gasteiger partial charge in [0.1, 0.15) is 5.82 Å². The second-order valence-electron chi connectivity index (χ2n) is 6.89. The molecule has 0 heterocycles. The minimum Gasteiger partial charge on any atom is -0.305 e. The predicted molar refractivity (Wildman–Crippen MR) is 112 cm³/mol. The highest BCUT2D eigenvalue weighted by Crippen LogP contribution is 2.16. The first kappa shape index (κ1) is 21.5. The molecule has 0 spiro atoms. The number of hydrogen-bond donors (Lipinski definition) is 1. The lowest BCUT2D eigenvalue weighted by atomic mass is 10.1. The minimum atomic E-state index is -0.188. The van der Waals surface area contributed by atoms with Crippen LogP contribution in [0.25, 0.3) is 0 Å². The maximum absolute atomic E-state index is 13.1.